The molecule has 1 aromatic rings. The summed E-state index contributed by atoms with van der Waals surface area (Å²) in [5, 5.41) is 8.45. The van der Waals surface area contributed by atoms with Gasteiger partial charge >= 0.3 is 0 Å². The second-order valence-corrected chi connectivity index (χ2v) is 8.72. The van der Waals surface area contributed by atoms with Gasteiger partial charge in [0.15, 0.2) is 5.96 Å². The summed E-state index contributed by atoms with van der Waals surface area (Å²) < 4.78 is 7.97. The van der Waals surface area contributed by atoms with Crippen LogP contribution in [0.25, 0.3) is 0 Å². The van der Waals surface area contributed by atoms with Crippen LogP contribution in [0.15, 0.2) is 11.2 Å². The largest absolute Gasteiger partial charge is 0.377 e. The zero-order valence-electron chi connectivity index (χ0n) is 17.2. The molecule has 2 heterocycles. The summed E-state index contributed by atoms with van der Waals surface area (Å²) in [5.41, 5.74) is 2.83. The molecule has 7 heteroatoms. The molecule has 1 spiro atoms. The molecule has 4 rings (SSSR count). The number of aromatic nitrogens is 2. The minimum Gasteiger partial charge on any atom is -0.377 e. The van der Waals surface area contributed by atoms with Crippen molar-refractivity contribution in [2.24, 2.45) is 23.4 Å². The highest BCUT2D eigenvalue weighted by atomic mass is 127. The van der Waals surface area contributed by atoms with Crippen LogP contribution in [-0.4, -0.2) is 53.5 Å². The number of fused-ring (bicyclic) bond motifs is 2. The first-order chi connectivity index (χ1) is 12.5. The van der Waals surface area contributed by atoms with Gasteiger partial charge in [0.25, 0.3) is 0 Å². The molecule has 3 fully saturated rings. The van der Waals surface area contributed by atoms with E-state index in [1.165, 1.54) is 36.9 Å². The summed E-state index contributed by atoms with van der Waals surface area (Å²) in [6.45, 7) is 6.16. The molecule has 1 aliphatic heterocycles. The normalized spacial score (nSPS) is 28.4. The molecule has 3 aliphatic rings. The van der Waals surface area contributed by atoms with Crippen molar-refractivity contribution in [1.29, 1.82) is 0 Å². The number of halogens is 1. The number of nitrogens with one attached hydrogen (secondary N) is 1. The number of aryl methyl sites for hydroxylation is 1. The highest BCUT2D eigenvalue weighted by molar-refractivity contribution is 14.0. The van der Waals surface area contributed by atoms with E-state index in [0.717, 1.165) is 19.1 Å². The van der Waals surface area contributed by atoms with Crippen molar-refractivity contribution < 1.29 is 4.74 Å². The lowest BCUT2D eigenvalue weighted by Crippen LogP contribution is -2.72. The van der Waals surface area contributed by atoms with Crippen molar-refractivity contribution in [3.63, 3.8) is 0 Å². The van der Waals surface area contributed by atoms with Crippen LogP contribution in [-0.2, 0) is 18.3 Å². The van der Waals surface area contributed by atoms with E-state index in [-0.39, 0.29) is 24.0 Å². The average molecular weight is 487 g/mol. The van der Waals surface area contributed by atoms with Crippen molar-refractivity contribution in [1.82, 2.24) is 20.0 Å². The monoisotopic (exact) mass is 487 g/mol. The van der Waals surface area contributed by atoms with Gasteiger partial charge in [-0.25, -0.2) is 0 Å². The Morgan fingerprint density at radius 1 is 1.48 bits per heavy atom. The Labute approximate surface area is 180 Å². The number of hydrogen-bond donors (Lipinski definition) is 1. The SMILES string of the molecule is CN=C(NC1C2CCOC2C12CCC2)N(C)Cc1cn(C)nc1C(C)C.I. The Kier molecular flexibility index (Phi) is 6.11. The molecule has 2 aliphatic carbocycles. The van der Waals surface area contributed by atoms with Crippen molar-refractivity contribution in [3.8, 4) is 0 Å². The van der Waals surface area contributed by atoms with Gasteiger partial charge in [0, 0.05) is 63.4 Å². The van der Waals surface area contributed by atoms with Gasteiger partial charge in [0.05, 0.1) is 11.8 Å². The summed E-state index contributed by atoms with van der Waals surface area (Å²) >= 11 is 0. The summed E-state index contributed by atoms with van der Waals surface area (Å²) in [4.78, 5) is 6.82. The average Bonchev–Trinajstić information content (AvgIpc) is 3.11. The smallest absolute Gasteiger partial charge is 0.193 e. The maximum Gasteiger partial charge on any atom is 0.193 e. The first-order valence-corrected chi connectivity index (χ1v) is 10.0. The van der Waals surface area contributed by atoms with Gasteiger partial charge in [-0.2, -0.15) is 5.10 Å². The van der Waals surface area contributed by atoms with E-state index in [1.54, 1.807) is 0 Å². The Balaban J connectivity index is 0.00000210. The second kappa shape index (κ2) is 7.89. The lowest BCUT2D eigenvalue weighted by Gasteiger charge is -2.63. The summed E-state index contributed by atoms with van der Waals surface area (Å²) in [6, 6.07) is 0.517. The first-order valence-electron chi connectivity index (χ1n) is 10.0. The maximum absolute atomic E-state index is 6.05. The number of nitrogens with zero attached hydrogens (tertiary/aromatic N) is 4. The zero-order chi connectivity index (χ0) is 18.5. The highest BCUT2D eigenvalue weighted by Crippen LogP contribution is 2.62. The van der Waals surface area contributed by atoms with E-state index < -0.39 is 0 Å². The van der Waals surface area contributed by atoms with Crippen LogP contribution in [0.5, 0.6) is 0 Å². The number of guanidine groups is 1. The Morgan fingerprint density at radius 2 is 2.22 bits per heavy atom. The topological polar surface area (TPSA) is 54.7 Å². The van der Waals surface area contributed by atoms with Crippen LogP contribution in [0.3, 0.4) is 0 Å². The highest BCUT2D eigenvalue weighted by Gasteiger charge is 2.66. The van der Waals surface area contributed by atoms with E-state index in [9.17, 15) is 0 Å². The van der Waals surface area contributed by atoms with Gasteiger partial charge in [-0.1, -0.05) is 20.3 Å². The van der Waals surface area contributed by atoms with Gasteiger partial charge in [-0.15, -0.1) is 24.0 Å². The quantitative estimate of drug-likeness (QED) is 0.403. The van der Waals surface area contributed by atoms with E-state index in [1.807, 2.05) is 18.8 Å². The molecule has 1 aromatic heterocycles. The molecule has 0 amide bonds. The molecule has 0 aromatic carbocycles. The van der Waals surface area contributed by atoms with Crippen molar-refractivity contribution >= 4 is 29.9 Å². The fourth-order valence-corrected chi connectivity index (χ4v) is 5.43. The van der Waals surface area contributed by atoms with Crippen molar-refractivity contribution in [3.05, 3.63) is 17.5 Å². The molecule has 3 unspecified atom stereocenters. The molecular formula is C20H34IN5O. The Hall–Kier alpha value is -0.830. The van der Waals surface area contributed by atoms with Crippen LogP contribution >= 0.6 is 24.0 Å². The number of hydrogen-bond acceptors (Lipinski definition) is 3. The molecule has 152 valence electrons. The summed E-state index contributed by atoms with van der Waals surface area (Å²) in [6.07, 6.45) is 7.75. The molecule has 0 radical (unpaired) electrons. The lowest BCUT2D eigenvalue weighted by molar-refractivity contribution is -0.171. The summed E-state index contributed by atoms with van der Waals surface area (Å²) in [5.74, 6) is 2.08. The Bertz CT molecular complexity index is 697. The number of aliphatic imine (C=N–C) groups is 1. The molecule has 2 saturated carbocycles. The second-order valence-electron chi connectivity index (χ2n) is 8.72. The first kappa shape index (κ1) is 20.9. The van der Waals surface area contributed by atoms with Crippen LogP contribution in [0.4, 0.5) is 0 Å². The van der Waals surface area contributed by atoms with E-state index in [0.29, 0.717) is 29.4 Å². The molecule has 1 N–H and O–H groups in total. The lowest BCUT2D eigenvalue weighted by atomic mass is 9.46. The molecule has 0 bridgehead atoms. The van der Waals surface area contributed by atoms with E-state index >= 15 is 0 Å². The third-order valence-electron chi connectivity index (χ3n) is 6.79. The zero-order valence-corrected chi connectivity index (χ0v) is 19.6. The third kappa shape index (κ3) is 3.39. The van der Waals surface area contributed by atoms with Gasteiger partial charge in [0.1, 0.15) is 0 Å². The fraction of sp³-hybridized carbons (Fsp3) is 0.800. The number of rotatable bonds is 4. The van der Waals surface area contributed by atoms with Crippen LogP contribution in [0, 0.1) is 11.3 Å². The maximum atomic E-state index is 6.05. The number of ether oxygens (including phenoxy) is 1. The van der Waals surface area contributed by atoms with Gasteiger partial charge in [-0.3, -0.25) is 9.67 Å². The van der Waals surface area contributed by atoms with Crippen LogP contribution in [0.2, 0.25) is 0 Å². The Morgan fingerprint density at radius 3 is 2.81 bits per heavy atom. The molecule has 1 saturated heterocycles. The van der Waals surface area contributed by atoms with E-state index in [2.05, 4.69) is 47.4 Å². The van der Waals surface area contributed by atoms with Crippen molar-refractivity contribution in [2.75, 3.05) is 20.7 Å². The predicted octanol–water partition coefficient (Wildman–Crippen LogP) is 3.13. The minimum atomic E-state index is 0. The minimum absolute atomic E-state index is 0. The van der Waals surface area contributed by atoms with E-state index in [4.69, 9.17) is 4.74 Å². The fourth-order valence-electron chi connectivity index (χ4n) is 5.43. The van der Waals surface area contributed by atoms with Crippen molar-refractivity contribution in [2.45, 2.75) is 64.1 Å². The molecule has 3 atom stereocenters. The van der Waals surface area contributed by atoms with Gasteiger partial charge < -0.3 is 15.0 Å². The van der Waals surface area contributed by atoms with Crippen LogP contribution < -0.4 is 5.32 Å². The van der Waals surface area contributed by atoms with Gasteiger partial charge in [0.2, 0.25) is 0 Å². The predicted molar refractivity (Wildman–Crippen MR) is 119 cm³/mol. The van der Waals surface area contributed by atoms with Gasteiger partial charge in [-0.05, 0) is 25.2 Å². The third-order valence-corrected chi connectivity index (χ3v) is 6.79. The summed E-state index contributed by atoms with van der Waals surface area (Å²) in [7, 11) is 6.01. The molecule has 27 heavy (non-hydrogen) atoms. The standard InChI is InChI=1S/C20H33N5O.HI/c1-13(2)16-14(12-25(5)23-16)11-24(4)19(21-3)22-17-15-7-10-26-18(15)20(17)8-6-9-20;/h12-13,15,17-18H,6-11H2,1-5H3,(H,21,22);1H. The van der Waals surface area contributed by atoms with Crippen LogP contribution in [0.1, 0.15) is 56.7 Å². The molecule has 6 nitrogen and oxygen atoms in total. The molecular weight excluding hydrogens is 453 g/mol.